The molecule has 0 aliphatic carbocycles. The van der Waals surface area contributed by atoms with Crippen LogP contribution in [-0.4, -0.2) is 22.9 Å². The number of benzene rings is 1. The highest BCUT2D eigenvalue weighted by atomic mass is 19.4. The summed E-state index contributed by atoms with van der Waals surface area (Å²) in [7, 11) is 0. The molecule has 4 nitrogen and oxygen atoms in total. The molecule has 1 atom stereocenters. The monoisotopic (exact) mass is 299 g/mol. The van der Waals surface area contributed by atoms with Crippen molar-refractivity contribution >= 4 is 0 Å². The summed E-state index contributed by atoms with van der Waals surface area (Å²) >= 11 is 0. The predicted molar refractivity (Wildman–Crippen MR) is 70.6 cm³/mol. The largest absolute Gasteiger partial charge is 0.390 e. The lowest BCUT2D eigenvalue weighted by atomic mass is 10.0. The molecule has 21 heavy (non-hydrogen) atoms. The van der Waals surface area contributed by atoms with E-state index in [0.29, 0.717) is 30.2 Å². The fourth-order valence-corrected chi connectivity index (χ4v) is 2.02. The maximum atomic E-state index is 12.7. The molecule has 0 amide bonds. The van der Waals surface area contributed by atoms with Crippen LogP contribution in [0.2, 0.25) is 0 Å². The Morgan fingerprint density at radius 3 is 2.52 bits per heavy atom. The molecule has 7 heteroatoms. The SMILES string of the molecule is Cc1noc(CCNC(CC(F)(F)F)c2ccccc2)n1. The third-order valence-corrected chi connectivity index (χ3v) is 2.94. The summed E-state index contributed by atoms with van der Waals surface area (Å²) in [5.41, 5.74) is 0.608. The molecule has 0 saturated carbocycles. The van der Waals surface area contributed by atoms with Crippen molar-refractivity contribution in [2.75, 3.05) is 6.54 Å². The Labute approximate surface area is 120 Å². The van der Waals surface area contributed by atoms with Gasteiger partial charge < -0.3 is 9.84 Å². The van der Waals surface area contributed by atoms with Gasteiger partial charge in [-0.3, -0.25) is 0 Å². The van der Waals surface area contributed by atoms with E-state index < -0.39 is 18.6 Å². The molecule has 0 radical (unpaired) electrons. The van der Waals surface area contributed by atoms with Gasteiger partial charge in [0.15, 0.2) is 5.82 Å². The number of aryl methyl sites for hydroxylation is 1. The smallest absolute Gasteiger partial charge is 0.339 e. The van der Waals surface area contributed by atoms with Crippen LogP contribution in [0.25, 0.3) is 0 Å². The molecule has 0 aliphatic heterocycles. The van der Waals surface area contributed by atoms with Crippen LogP contribution in [0.1, 0.15) is 29.7 Å². The number of rotatable bonds is 6. The molecule has 0 fully saturated rings. The molecule has 1 unspecified atom stereocenters. The zero-order chi connectivity index (χ0) is 15.3. The summed E-state index contributed by atoms with van der Waals surface area (Å²) in [5, 5.41) is 6.54. The number of halogens is 3. The van der Waals surface area contributed by atoms with Crippen molar-refractivity contribution in [1.82, 2.24) is 15.5 Å². The van der Waals surface area contributed by atoms with E-state index in [4.69, 9.17) is 4.52 Å². The van der Waals surface area contributed by atoms with Gasteiger partial charge in [0.2, 0.25) is 5.89 Å². The van der Waals surface area contributed by atoms with Crippen molar-refractivity contribution in [2.24, 2.45) is 0 Å². The Morgan fingerprint density at radius 1 is 1.24 bits per heavy atom. The molecule has 0 aliphatic rings. The molecular weight excluding hydrogens is 283 g/mol. The standard InChI is InChI=1S/C14H16F3N3O/c1-10-19-13(21-20-10)7-8-18-12(9-14(15,16)17)11-5-3-2-4-6-11/h2-6,12,18H,7-9H2,1H3. The minimum atomic E-state index is -4.23. The average Bonchev–Trinajstić information content (AvgIpc) is 2.83. The predicted octanol–water partition coefficient (Wildman–Crippen LogP) is 3.20. The van der Waals surface area contributed by atoms with E-state index in [0.717, 1.165) is 0 Å². The van der Waals surface area contributed by atoms with Crippen LogP contribution in [0.3, 0.4) is 0 Å². The lowest BCUT2D eigenvalue weighted by Crippen LogP contribution is -2.28. The van der Waals surface area contributed by atoms with Crippen molar-refractivity contribution in [3.05, 3.63) is 47.6 Å². The van der Waals surface area contributed by atoms with Crippen molar-refractivity contribution in [1.29, 1.82) is 0 Å². The van der Waals surface area contributed by atoms with Gasteiger partial charge in [-0.05, 0) is 12.5 Å². The first-order chi connectivity index (χ1) is 9.94. The van der Waals surface area contributed by atoms with E-state index in [9.17, 15) is 13.2 Å². The minimum absolute atomic E-state index is 0.331. The molecule has 0 spiro atoms. The van der Waals surface area contributed by atoms with Gasteiger partial charge in [-0.2, -0.15) is 18.2 Å². The average molecular weight is 299 g/mol. The lowest BCUT2D eigenvalue weighted by Gasteiger charge is -2.20. The van der Waals surface area contributed by atoms with Crippen LogP contribution in [0.15, 0.2) is 34.9 Å². The second kappa shape index (κ2) is 6.71. The van der Waals surface area contributed by atoms with Crippen molar-refractivity contribution < 1.29 is 17.7 Å². The minimum Gasteiger partial charge on any atom is -0.339 e. The summed E-state index contributed by atoms with van der Waals surface area (Å²) in [6.07, 6.45) is -4.75. The summed E-state index contributed by atoms with van der Waals surface area (Å²) in [6, 6.07) is 7.80. The highest BCUT2D eigenvalue weighted by molar-refractivity contribution is 5.19. The van der Waals surface area contributed by atoms with Crippen LogP contribution < -0.4 is 5.32 Å². The number of hydrogen-bond acceptors (Lipinski definition) is 4. The molecule has 0 saturated heterocycles. The highest BCUT2D eigenvalue weighted by Gasteiger charge is 2.32. The number of hydrogen-bond donors (Lipinski definition) is 1. The zero-order valence-corrected chi connectivity index (χ0v) is 11.5. The Balaban J connectivity index is 1.96. The quantitative estimate of drug-likeness (QED) is 0.890. The first kappa shape index (κ1) is 15.5. The zero-order valence-electron chi connectivity index (χ0n) is 11.5. The molecule has 114 valence electrons. The van der Waals surface area contributed by atoms with Crippen LogP contribution in [-0.2, 0) is 6.42 Å². The number of aromatic nitrogens is 2. The Bertz CT molecular complexity index is 554. The Morgan fingerprint density at radius 2 is 1.95 bits per heavy atom. The second-order valence-electron chi connectivity index (χ2n) is 4.72. The molecule has 2 rings (SSSR count). The summed E-state index contributed by atoms with van der Waals surface area (Å²) in [6.45, 7) is 2.02. The Kier molecular flexibility index (Phi) is 4.95. The van der Waals surface area contributed by atoms with Gasteiger partial charge in [-0.1, -0.05) is 35.5 Å². The van der Waals surface area contributed by atoms with E-state index in [1.807, 2.05) is 0 Å². The van der Waals surface area contributed by atoms with Crippen LogP contribution in [0.5, 0.6) is 0 Å². The maximum Gasteiger partial charge on any atom is 0.390 e. The highest BCUT2D eigenvalue weighted by Crippen LogP contribution is 2.29. The van der Waals surface area contributed by atoms with Gasteiger partial charge in [0, 0.05) is 19.0 Å². The molecule has 1 N–H and O–H groups in total. The van der Waals surface area contributed by atoms with E-state index in [1.165, 1.54) is 0 Å². The third-order valence-electron chi connectivity index (χ3n) is 2.94. The first-order valence-corrected chi connectivity index (χ1v) is 6.58. The molecule has 1 aromatic heterocycles. The lowest BCUT2D eigenvalue weighted by molar-refractivity contribution is -0.140. The first-order valence-electron chi connectivity index (χ1n) is 6.58. The van der Waals surface area contributed by atoms with E-state index in [1.54, 1.807) is 37.3 Å². The number of nitrogens with one attached hydrogen (secondary N) is 1. The third kappa shape index (κ3) is 5.18. The molecular formula is C14H16F3N3O. The van der Waals surface area contributed by atoms with Crippen molar-refractivity contribution in [3.63, 3.8) is 0 Å². The van der Waals surface area contributed by atoms with Gasteiger partial charge >= 0.3 is 6.18 Å². The van der Waals surface area contributed by atoms with Crippen LogP contribution in [0, 0.1) is 6.92 Å². The van der Waals surface area contributed by atoms with Crippen LogP contribution >= 0.6 is 0 Å². The maximum absolute atomic E-state index is 12.7. The summed E-state index contributed by atoms with van der Waals surface area (Å²) < 4.78 is 42.9. The number of alkyl halides is 3. The molecule has 2 aromatic rings. The number of nitrogens with zero attached hydrogens (tertiary/aromatic N) is 2. The van der Waals surface area contributed by atoms with Crippen molar-refractivity contribution in [3.8, 4) is 0 Å². The van der Waals surface area contributed by atoms with Gasteiger partial charge in [-0.25, -0.2) is 0 Å². The topological polar surface area (TPSA) is 51.0 Å². The van der Waals surface area contributed by atoms with Gasteiger partial charge in [0.25, 0.3) is 0 Å². The normalized spacial score (nSPS) is 13.3. The van der Waals surface area contributed by atoms with E-state index in [-0.39, 0.29) is 0 Å². The summed E-state index contributed by atoms with van der Waals surface area (Å²) in [4.78, 5) is 4.01. The fourth-order valence-electron chi connectivity index (χ4n) is 2.02. The second-order valence-corrected chi connectivity index (χ2v) is 4.72. The van der Waals surface area contributed by atoms with Crippen molar-refractivity contribution in [2.45, 2.75) is 32.0 Å². The van der Waals surface area contributed by atoms with Gasteiger partial charge in [0.1, 0.15) is 0 Å². The van der Waals surface area contributed by atoms with E-state index >= 15 is 0 Å². The van der Waals surface area contributed by atoms with Gasteiger partial charge in [-0.15, -0.1) is 0 Å². The fraction of sp³-hybridized carbons (Fsp3) is 0.429. The molecule has 0 bridgehead atoms. The Hall–Kier alpha value is -1.89. The summed E-state index contributed by atoms with van der Waals surface area (Å²) in [5.74, 6) is 0.929. The molecule has 1 heterocycles. The van der Waals surface area contributed by atoms with E-state index in [2.05, 4.69) is 15.5 Å². The van der Waals surface area contributed by atoms with Crippen LogP contribution in [0.4, 0.5) is 13.2 Å². The van der Waals surface area contributed by atoms with Gasteiger partial charge in [0.05, 0.1) is 6.42 Å². The molecule has 1 aromatic carbocycles.